The molecule has 0 fully saturated rings. The predicted molar refractivity (Wildman–Crippen MR) is 67.3 cm³/mol. The lowest BCUT2D eigenvalue weighted by molar-refractivity contribution is 0.210. The van der Waals surface area contributed by atoms with E-state index in [2.05, 4.69) is 9.97 Å². The first kappa shape index (κ1) is 12.6. The second-order valence-electron chi connectivity index (χ2n) is 4.13. The fraction of sp³-hybridized carbons (Fsp3) is 0.385. The number of imidazole rings is 1. The molecular weight excluding hydrogens is 230 g/mol. The summed E-state index contributed by atoms with van der Waals surface area (Å²) < 4.78 is 7.28. The maximum atomic E-state index is 10.3. The molecule has 0 saturated heterocycles. The number of aromatic nitrogens is 3. The van der Waals surface area contributed by atoms with Crippen LogP contribution in [0.15, 0.2) is 31.0 Å². The summed E-state index contributed by atoms with van der Waals surface area (Å²) >= 11 is 0. The number of rotatable bonds is 5. The first-order valence-electron chi connectivity index (χ1n) is 5.94. The SMILES string of the molecule is CCCOc1cncc(C(O)c2cncn2C)c1. The average Bonchev–Trinajstić information content (AvgIpc) is 2.82. The van der Waals surface area contributed by atoms with Gasteiger partial charge in [0.2, 0.25) is 0 Å². The molecule has 5 nitrogen and oxygen atoms in total. The smallest absolute Gasteiger partial charge is 0.137 e. The highest BCUT2D eigenvalue weighted by Gasteiger charge is 2.14. The van der Waals surface area contributed by atoms with Gasteiger partial charge in [-0.05, 0) is 12.5 Å². The van der Waals surface area contributed by atoms with Crippen LogP contribution in [0.3, 0.4) is 0 Å². The molecule has 0 bridgehead atoms. The highest BCUT2D eigenvalue weighted by Crippen LogP contribution is 2.23. The monoisotopic (exact) mass is 247 g/mol. The molecule has 1 atom stereocenters. The topological polar surface area (TPSA) is 60.2 Å². The van der Waals surface area contributed by atoms with Crippen LogP contribution in [-0.4, -0.2) is 26.2 Å². The molecule has 0 aliphatic carbocycles. The van der Waals surface area contributed by atoms with Crippen molar-refractivity contribution in [2.75, 3.05) is 6.61 Å². The van der Waals surface area contributed by atoms with Crippen molar-refractivity contribution in [2.45, 2.75) is 19.4 Å². The van der Waals surface area contributed by atoms with Crippen LogP contribution in [0.1, 0.15) is 30.7 Å². The molecule has 0 radical (unpaired) electrons. The second-order valence-corrected chi connectivity index (χ2v) is 4.13. The molecule has 0 spiro atoms. The van der Waals surface area contributed by atoms with E-state index in [1.807, 2.05) is 14.0 Å². The Kier molecular flexibility index (Phi) is 3.94. The molecule has 2 rings (SSSR count). The Hall–Kier alpha value is -1.88. The lowest BCUT2D eigenvalue weighted by Crippen LogP contribution is -2.06. The largest absolute Gasteiger partial charge is 0.492 e. The van der Waals surface area contributed by atoms with Gasteiger partial charge in [-0.2, -0.15) is 0 Å². The molecule has 1 N–H and O–H groups in total. The van der Waals surface area contributed by atoms with Gasteiger partial charge in [-0.25, -0.2) is 4.98 Å². The van der Waals surface area contributed by atoms with Gasteiger partial charge in [0.25, 0.3) is 0 Å². The Labute approximate surface area is 106 Å². The summed E-state index contributed by atoms with van der Waals surface area (Å²) in [7, 11) is 1.84. The minimum Gasteiger partial charge on any atom is -0.492 e. The summed E-state index contributed by atoms with van der Waals surface area (Å²) in [6.07, 6.45) is 6.78. The highest BCUT2D eigenvalue weighted by molar-refractivity contribution is 5.29. The van der Waals surface area contributed by atoms with E-state index in [0.29, 0.717) is 17.9 Å². The summed E-state index contributed by atoms with van der Waals surface area (Å²) in [6, 6.07) is 1.81. The van der Waals surface area contributed by atoms with Crippen LogP contribution < -0.4 is 4.74 Å². The Balaban J connectivity index is 2.20. The van der Waals surface area contributed by atoms with Gasteiger partial charge < -0.3 is 14.4 Å². The van der Waals surface area contributed by atoms with Crippen molar-refractivity contribution in [1.29, 1.82) is 0 Å². The summed E-state index contributed by atoms with van der Waals surface area (Å²) in [5.74, 6) is 0.676. The summed E-state index contributed by atoms with van der Waals surface area (Å²) in [5.41, 5.74) is 1.43. The lowest BCUT2D eigenvalue weighted by Gasteiger charge is -2.12. The van der Waals surface area contributed by atoms with E-state index in [-0.39, 0.29) is 0 Å². The molecule has 2 aromatic heterocycles. The number of pyridine rings is 1. The molecular formula is C13H17N3O2. The van der Waals surface area contributed by atoms with E-state index < -0.39 is 6.10 Å². The lowest BCUT2D eigenvalue weighted by atomic mass is 10.1. The maximum Gasteiger partial charge on any atom is 0.137 e. The number of aliphatic hydroxyl groups is 1. The molecule has 5 heteroatoms. The average molecular weight is 247 g/mol. The molecule has 2 aromatic rings. The third-order valence-corrected chi connectivity index (χ3v) is 2.66. The summed E-state index contributed by atoms with van der Waals surface area (Å²) in [5, 5.41) is 10.3. The second kappa shape index (κ2) is 5.64. The molecule has 2 heterocycles. The standard InChI is InChI=1S/C13H17N3O2/c1-3-4-18-11-5-10(6-14-7-11)13(17)12-8-15-9-16(12)2/h5-9,13,17H,3-4H2,1-2H3. The fourth-order valence-corrected chi connectivity index (χ4v) is 1.69. The van der Waals surface area contributed by atoms with E-state index in [1.165, 1.54) is 0 Å². The van der Waals surface area contributed by atoms with Crippen molar-refractivity contribution in [1.82, 2.24) is 14.5 Å². The van der Waals surface area contributed by atoms with Gasteiger partial charge in [0, 0.05) is 18.8 Å². The predicted octanol–water partition coefficient (Wildman–Crippen LogP) is 1.69. The molecule has 0 aliphatic heterocycles. The third kappa shape index (κ3) is 2.68. The zero-order valence-corrected chi connectivity index (χ0v) is 10.6. The minimum absolute atomic E-state index is 0.646. The molecule has 0 saturated carbocycles. The number of hydrogen-bond donors (Lipinski definition) is 1. The molecule has 0 amide bonds. The Morgan fingerprint density at radius 3 is 2.83 bits per heavy atom. The molecule has 1 unspecified atom stereocenters. The van der Waals surface area contributed by atoms with Gasteiger partial charge in [0.15, 0.2) is 0 Å². The molecule has 0 aliphatic rings. The van der Waals surface area contributed by atoms with Crippen molar-refractivity contribution in [3.8, 4) is 5.75 Å². The quantitative estimate of drug-likeness (QED) is 0.873. The normalized spacial score (nSPS) is 12.4. The first-order chi connectivity index (χ1) is 8.72. The van der Waals surface area contributed by atoms with Crippen molar-refractivity contribution < 1.29 is 9.84 Å². The molecule has 96 valence electrons. The number of ether oxygens (including phenoxy) is 1. The Morgan fingerprint density at radius 1 is 1.33 bits per heavy atom. The van der Waals surface area contributed by atoms with E-state index in [0.717, 1.165) is 12.1 Å². The first-order valence-corrected chi connectivity index (χ1v) is 5.94. The fourth-order valence-electron chi connectivity index (χ4n) is 1.69. The molecule has 0 aromatic carbocycles. The van der Waals surface area contributed by atoms with Crippen LogP contribution in [-0.2, 0) is 7.05 Å². The van der Waals surface area contributed by atoms with Crippen molar-refractivity contribution in [2.24, 2.45) is 7.05 Å². The van der Waals surface area contributed by atoms with Gasteiger partial charge in [-0.1, -0.05) is 6.92 Å². The third-order valence-electron chi connectivity index (χ3n) is 2.66. The van der Waals surface area contributed by atoms with Crippen LogP contribution >= 0.6 is 0 Å². The number of aliphatic hydroxyl groups excluding tert-OH is 1. The van der Waals surface area contributed by atoms with Crippen LogP contribution in [0.5, 0.6) is 5.75 Å². The number of hydrogen-bond acceptors (Lipinski definition) is 4. The van der Waals surface area contributed by atoms with Gasteiger partial charge in [-0.3, -0.25) is 4.98 Å². The van der Waals surface area contributed by atoms with E-state index in [1.54, 1.807) is 35.6 Å². The van der Waals surface area contributed by atoms with Crippen LogP contribution in [0, 0.1) is 0 Å². The van der Waals surface area contributed by atoms with E-state index in [4.69, 9.17) is 4.74 Å². The van der Waals surface area contributed by atoms with Gasteiger partial charge in [0.05, 0.1) is 31.0 Å². The van der Waals surface area contributed by atoms with Gasteiger partial charge in [0.1, 0.15) is 11.9 Å². The summed E-state index contributed by atoms with van der Waals surface area (Å²) in [6.45, 7) is 2.69. The van der Waals surface area contributed by atoms with Crippen molar-refractivity contribution in [3.63, 3.8) is 0 Å². The zero-order valence-electron chi connectivity index (χ0n) is 10.6. The van der Waals surface area contributed by atoms with Gasteiger partial charge in [-0.15, -0.1) is 0 Å². The Bertz CT molecular complexity index is 510. The van der Waals surface area contributed by atoms with Crippen LogP contribution in [0.2, 0.25) is 0 Å². The van der Waals surface area contributed by atoms with E-state index in [9.17, 15) is 5.11 Å². The van der Waals surface area contributed by atoms with Crippen molar-refractivity contribution in [3.05, 3.63) is 42.2 Å². The van der Waals surface area contributed by atoms with Crippen LogP contribution in [0.25, 0.3) is 0 Å². The zero-order chi connectivity index (χ0) is 13.0. The number of aryl methyl sites for hydroxylation is 1. The molecule has 18 heavy (non-hydrogen) atoms. The minimum atomic E-state index is -0.741. The summed E-state index contributed by atoms with van der Waals surface area (Å²) in [4.78, 5) is 8.08. The van der Waals surface area contributed by atoms with Gasteiger partial charge >= 0.3 is 0 Å². The van der Waals surface area contributed by atoms with E-state index >= 15 is 0 Å². The van der Waals surface area contributed by atoms with Crippen LogP contribution in [0.4, 0.5) is 0 Å². The van der Waals surface area contributed by atoms with Crippen molar-refractivity contribution >= 4 is 0 Å². The highest BCUT2D eigenvalue weighted by atomic mass is 16.5. The number of nitrogens with zero attached hydrogens (tertiary/aromatic N) is 3. The Morgan fingerprint density at radius 2 is 2.17 bits per heavy atom. The maximum absolute atomic E-state index is 10.3.